The first kappa shape index (κ1) is 13.5. The summed E-state index contributed by atoms with van der Waals surface area (Å²) in [7, 11) is 2.22. The van der Waals surface area contributed by atoms with Crippen molar-refractivity contribution >= 4 is 0 Å². The zero-order valence-electron chi connectivity index (χ0n) is 11.2. The van der Waals surface area contributed by atoms with Crippen LogP contribution in [0, 0.1) is 0 Å². The van der Waals surface area contributed by atoms with Crippen molar-refractivity contribution < 1.29 is 5.11 Å². The van der Waals surface area contributed by atoms with Gasteiger partial charge in [0.05, 0.1) is 6.61 Å². The van der Waals surface area contributed by atoms with E-state index in [1.807, 2.05) is 12.1 Å². The van der Waals surface area contributed by atoms with Crippen LogP contribution in [0.3, 0.4) is 0 Å². The van der Waals surface area contributed by atoms with Gasteiger partial charge in [0.25, 0.3) is 0 Å². The number of hydrogen-bond donors (Lipinski definition) is 2. The largest absolute Gasteiger partial charge is 0.392 e. The summed E-state index contributed by atoms with van der Waals surface area (Å²) >= 11 is 0. The van der Waals surface area contributed by atoms with E-state index in [4.69, 9.17) is 5.11 Å². The SMILES string of the molecule is CN(Cc1ccc(CO)cc1)C1CCCNCC1. The quantitative estimate of drug-likeness (QED) is 0.852. The molecule has 0 bridgehead atoms. The van der Waals surface area contributed by atoms with E-state index in [-0.39, 0.29) is 6.61 Å². The zero-order valence-corrected chi connectivity index (χ0v) is 11.2. The third-order valence-electron chi connectivity index (χ3n) is 3.81. The van der Waals surface area contributed by atoms with Crippen LogP contribution < -0.4 is 5.32 Å². The molecule has 1 fully saturated rings. The van der Waals surface area contributed by atoms with Gasteiger partial charge >= 0.3 is 0 Å². The van der Waals surface area contributed by atoms with Crippen LogP contribution in [0.4, 0.5) is 0 Å². The predicted octanol–water partition coefficient (Wildman–Crippen LogP) is 1.75. The first-order valence-electron chi connectivity index (χ1n) is 6.89. The topological polar surface area (TPSA) is 35.5 Å². The Balaban J connectivity index is 1.90. The molecule has 0 aromatic heterocycles. The van der Waals surface area contributed by atoms with Gasteiger partial charge in [0.1, 0.15) is 0 Å². The molecule has 1 aromatic rings. The molecule has 0 saturated carbocycles. The van der Waals surface area contributed by atoms with Crippen LogP contribution in [-0.4, -0.2) is 36.2 Å². The molecule has 1 aliphatic heterocycles. The van der Waals surface area contributed by atoms with Gasteiger partial charge in [-0.1, -0.05) is 24.3 Å². The molecule has 1 heterocycles. The maximum atomic E-state index is 9.03. The van der Waals surface area contributed by atoms with Gasteiger partial charge in [-0.3, -0.25) is 4.90 Å². The number of rotatable bonds is 4. The molecule has 1 saturated heterocycles. The highest BCUT2D eigenvalue weighted by molar-refractivity contribution is 5.21. The van der Waals surface area contributed by atoms with Crippen molar-refractivity contribution in [3.05, 3.63) is 35.4 Å². The van der Waals surface area contributed by atoms with Gasteiger partial charge in [0.2, 0.25) is 0 Å². The van der Waals surface area contributed by atoms with Crippen LogP contribution in [0.5, 0.6) is 0 Å². The molecular formula is C15H24N2O. The maximum absolute atomic E-state index is 9.03. The third-order valence-corrected chi connectivity index (χ3v) is 3.81. The van der Waals surface area contributed by atoms with Gasteiger partial charge in [-0.05, 0) is 50.5 Å². The Labute approximate surface area is 110 Å². The predicted molar refractivity (Wildman–Crippen MR) is 74.3 cm³/mol. The Morgan fingerprint density at radius 3 is 2.61 bits per heavy atom. The van der Waals surface area contributed by atoms with Crippen molar-refractivity contribution in [2.45, 2.75) is 38.5 Å². The van der Waals surface area contributed by atoms with E-state index in [9.17, 15) is 0 Å². The van der Waals surface area contributed by atoms with E-state index in [0.29, 0.717) is 6.04 Å². The van der Waals surface area contributed by atoms with Crippen molar-refractivity contribution in [3.63, 3.8) is 0 Å². The molecule has 1 aromatic carbocycles. The number of hydrogen-bond acceptors (Lipinski definition) is 3. The maximum Gasteiger partial charge on any atom is 0.0681 e. The lowest BCUT2D eigenvalue weighted by molar-refractivity contribution is 0.216. The van der Waals surface area contributed by atoms with Gasteiger partial charge in [-0.15, -0.1) is 0 Å². The van der Waals surface area contributed by atoms with Crippen LogP contribution in [0.1, 0.15) is 30.4 Å². The van der Waals surface area contributed by atoms with Crippen molar-refractivity contribution in [1.82, 2.24) is 10.2 Å². The molecule has 0 spiro atoms. The lowest BCUT2D eigenvalue weighted by Crippen LogP contribution is -2.31. The summed E-state index contributed by atoms with van der Waals surface area (Å²) in [5.41, 5.74) is 2.31. The molecule has 1 aliphatic rings. The number of nitrogens with zero attached hydrogens (tertiary/aromatic N) is 1. The second-order valence-corrected chi connectivity index (χ2v) is 5.22. The fraction of sp³-hybridized carbons (Fsp3) is 0.600. The van der Waals surface area contributed by atoms with Crippen LogP contribution in [-0.2, 0) is 13.2 Å². The number of benzene rings is 1. The van der Waals surface area contributed by atoms with E-state index in [0.717, 1.165) is 25.2 Å². The van der Waals surface area contributed by atoms with Crippen LogP contribution >= 0.6 is 0 Å². The highest BCUT2D eigenvalue weighted by atomic mass is 16.3. The summed E-state index contributed by atoms with van der Waals surface area (Å²) in [5, 5.41) is 12.5. The van der Waals surface area contributed by atoms with Crippen molar-refractivity contribution in [2.24, 2.45) is 0 Å². The molecule has 0 aliphatic carbocycles. The normalized spacial score (nSPS) is 20.9. The lowest BCUT2D eigenvalue weighted by Gasteiger charge is -2.26. The molecular weight excluding hydrogens is 224 g/mol. The minimum Gasteiger partial charge on any atom is -0.392 e. The highest BCUT2D eigenvalue weighted by Gasteiger charge is 2.16. The summed E-state index contributed by atoms with van der Waals surface area (Å²) < 4.78 is 0. The summed E-state index contributed by atoms with van der Waals surface area (Å²) in [5.74, 6) is 0. The first-order chi connectivity index (χ1) is 8.79. The minimum absolute atomic E-state index is 0.129. The summed E-state index contributed by atoms with van der Waals surface area (Å²) in [6.07, 6.45) is 3.81. The van der Waals surface area contributed by atoms with Gasteiger partial charge < -0.3 is 10.4 Å². The molecule has 18 heavy (non-hydrogen) atoms. The van der Waals surface area contributed by atoms with Gasteiger partial charge in [-0.2, -0.15) is 0 Å². The van der Waals surface area contributed by atoms with Gasteiger partial charge in [0, 0.05) is 12.6 Å². The molecule has 3 nitrogen and oxygen atoms in total. The third kappa shape index (κ3) is 3.80. The minimum atomic E-state index is 0.129. The monoisotopic (exact) mass is 248 g/mol. The number of aliphatic hydroxyl groups excluding tert-OH is 1. The standard InChI is InChI=1S/C15H24N2O/c1-17(15-3-2-9-16-10-8-15)11-13-4-6-14(12-18)7-5-13/h4-7,15-16,18H,2-3,8-12H2,1H3. The second kappa shape index (κ2) is 6.88. The molecule has 2 rings (SSSR count). The van der Waals surface area contributed by atoms with Crippen LogP contribution in [0.2, 0.25) is 0 Å². The van der Waals surface area contributed by atoms with E-state index >= 15 is 0 Å². The van der Waals surface area contributed by atoms with E-state index < -0.39 is 0 Å². The van der Waals surface area contributed by atoms with E-state index in [2.05, 4.69) is 29.4 Å². The van der Waals surface area contributed by atoms with E-state index in [1.54, 1.807) is 0 Å². The Bertz CT molecular complexity index is 342. The van der Waals surface area contributed by atoms with Crippen molar-refractivity contribution in [3.8, 4) is 0 Å². The molecule has 1 unspecified atom stereocenters. The van der Waals surface area contributed by atoms with Crippen molar-refractivity contribution in [1.29, 1.82) is 0 Å². The molecule has 1 atom stereocenters. The summed E-state index contributed by atoms with van der Waals surface area (Å²) in [4.78, 5) is 2.46. The fourth-order valence-electron chi connectivity index (χ4n) is 2.61. The second-order valence-electron chi connectivity index (χ2n) is 5.22. The van der Waals surface area contributed by atoms with Gasteiger partial charge in [-0.25, -0.2) is 0 Å². The van der Waals surface area contributed by atoms with Crippen LogP contribution in [0.25, 0.3) is 0 Å². The molecule has 2 N–H and O–H groups in total. The zero-order chi connectivity index (χ0) is 12.8. The Hall–Kier alpha value is -0.900. The Morgan fingerprint density at radius 2 is 1.89 bits per heavy atom. The Kier molecular flexibility index (Phi) is 5.17. The lowest BCUT2D eigenvalue weighted by atomic mass is 10.1. The molecule has 0 amide bonds. The molecule has 0 radical (unpaired) electrons. The molecule has 100 valence electrons. The van der Waals surface area contributed by atoms with Gasteiger partial charge in [0.15, 0.2) is 0 Å². The molecule has 3 heteroatoms. The van der Waals surface area contributed by atoms with E-state index in [1.165, 1.54) is 24.8 Å². The van der Waals surface area contributed by atoms with Crippen LogP contribution in [0.15, 0.2) is 24.3 Å². The fourth-order valence-corrected chi connectivity index (χ4v) is 2.61. The highest BCUT2D eigenvalue weighted by Crippen LogP contribution is 2.15. The number of aliphatic hydroxyl groups is 1. The van der Waals surface area contributed by atoms with Crippen molar-refractivity contribution in [2.75, 3.05) is 20.1 Å². The first-order valence-corrected chi connectivity index (χ1v) is 6.89. The summed E-state index contributed by atoms with van der Waals surface area (Å²) in [6.45, 7) is 3.43. The Morgan fingerprint density at radius 1 is 1.17 bits per heavy atom. The smallest absolute Gasteiger partial charge is 0.0681 e. The summed E-state index contributed by atoms with van der Waals surface area (Å²) in [6, 6.07) is 8.96. The number of nitrogens with one attached hydrogen (secondary N) is 1. The average Bonchev–Trinajstić information content (AvgIpc) is 2.68. The average molecular weight is 248 g/mol.